The first-order chi connectivity index (χ1) is 14.6. The van der Waals surface area contributed by atoms with Crippen LogP contribution in [0.3, 0.4) is 0 Å². The van der Waals surface area contributed by atoms with E-state index in [1.54, 1.807) is 12.1 Å². The zero-order valence-corrected chi connectivity index (χ0v) is 17.4. The molecular formula is C22H25N5O3. The number of morpholine rings is 1. The molecule has 1 fully saturated rings. The van der Waals surface area contributed by atoms with Gasteiger partial charge in [-0.1, -0.05) is 30.3 Å². The molecular weight excluding hydrogens is 382 g/mol. The molecule has 8 heteroatoms. The highest BCUT2D eigenvalue weighted by Crippen LogP contribution is 2.31. The number of rotatable bonds is 5. The summed E-state index contributed by atoms with van der Waals surface area (Å²) in [6.45, 7) is 6.10. The maximum atomic E-state index is 13.2. The van der Waals surface area contributed by atoms with Crippen molar-refractivity contribution < 1.29 is 14.3 Å². The summed E-state index contributed by atoms with van der Waals surface area (Å²) in [7, 11) is 1.52. The lowest BCUT2D eigenvalue weighted by atomic mass is 10.0. The average molecular weight is 407 g/mol. The summed E-state index contributed by atoms with van der Waals surface area (Å²) in [5, 5.41) is 12.7. The van der Waals surface area contributed by atoms with Gasteiger partial charge in [0.1, 0.15) is 0 Å². The highest BCUT2D eigenvalue weighted by Gasteiger charge is 2.34. The first kappa shape index (κ1) is 20.0. The summed E-state index contributed by atoms with van der Waals surface area (Å²) in [6.07, 6.45) is 0. The fourth-order valence-corrected chi connectivity index (χ4v) is 3.88. The lowest BCUT2D eigenvalue weighted by Gasteiger charge is -2.35. The van der Waals surface area contributed by atoms with Gasteiger partial charge >= 0.3 is 0 Å². The van der Waals surface area contributed by atoms with Gasteiger partial charge in [0, 0.05) is 23.9 Å². The first-order valence-corrected chi connectivity index (χ1v) is 9.92. The summed E-state index contributed by atoms with van der Waals surface area (Å²) in [4.78, 5) is 15.0. The molecule has 0 N–H and O–H groups in total. The standard InChI is InChI=1S/C22H25N5O3/c1-15-21(16(2)27(25-15)13-17-7-5-4-6-8-17)19-14-30-12-11-26(19)22(28)18-9-10-20(29-3)24-23-18/h4-10,19H,11-14H2,1-3H3/t19-/m1/s1. The zero-order valence-electron chi connectivity index (χ0n) is 17.4. The molecule has 0 aliphatic carbocycles. The third-order valence-electron chi connectivity index (χ3n) is 5.40. The van der Waals surface area contributed by atoms with Gasteiger partial charge in [-0.3, -0.25) is 9.48 Å². The van der Waals surface area contributed by atoms with Crippen molar-refractivity contribution in [2.24, 2.45) is 0 Å². The second-order valence-corrected chi connectivity index (χ2v) is 7.28. The summed E-state index contributed by atoms with van der Waals surface area (Å²) < 4.78 is 12.8. The molecule has 1 saturated heterocycles. The number of carbonyl (C=O) groups excluding carboxylic acids is 1. The minimum absolute atomic E-state index is 0.173. The number of hydrogen-bond donors (Lipinski definition) is 0. The summed E-state index contributed by atoms with van der Waals surface area (Å²) in [6, 6.07) is 13.3. The van der Waals surface area contributed by atoms with Gasteiger partial charge in [0.05, 0.1) is 38.6 Å². The van der Waals surface area contributed by atoms with Gasteiger partial charge in [-0.2, -0.15) is 5.10 Å². The molecule has 30 heavy (non-hydrogen) atoms. The van der Waals surface area contributed by atoms with E-state index in [2.05, 4.69) is 22.3 Å². The average Bonchev–Trinajstić information content (AvgIpc) is 3.06. The Morgan fingerprint density at radius 1 is 1.17 bits per heavy atom. The molecule has 1 atom stereocenters. The van der Waals surface area contributed by atoms with Crippen molar-refractivity contribution >= 4 is 5.91 Å². The quantitative estimate of drug-likeness (QED) is 0.647. The molecule has 4 rings (SSSR count). The predicted molar refractivity (Wildman–Crippen MR) is 110 cm³/mol. The van der Waals surface area contributed by atoms with Crippen LogP contribution in [0.1, 0.15) is 39.0 Å². The third kappa shape index (κ3) is 3.91. The van der Waals surface area contributed by atoms with Crippen molar-refractivity contribution in [3.63, 3.8) is 0 Å². The van der Waals surface area contributed by atoms with Gasteiger partial charge < -0.3 is 14.4 Å². The van der Waals surface area contributed by atoms with Crippen LogP contribution < -0.4 is 4.74 Å². The fraction of sp³-hybridized carbons (Fsp3) is 0.364. The van der Waals surface area contributed by atoms with E-state index in [9.17, 15) is 4.79 Å². The highest BCUT2D eigenvalue weighted by molar-refractivity contribution is 5.92. The molecule has 8 nitrogen and oxygen atoms in total. The van der Waals surface area contributed by atoms with E-state index in [4.69, 9.17) is 14.6 Å². The third-order valence-corrected chi connectivity index (χ3v) is 5.40. The van der Waals surface area contributed by atoms with Crippen molar-refractivity contribution in [1.82, 2.24) is 24.9 Å². The van der Waals surface area contributed by atoms with Crippen molar-refractivity contribution in [1.29, 1.82) is 0 Å². The Hall–Kier alpha value is -3.26. The Morgan fingerprint density at radius 2 is 1.97 bits per heavy atom. The normalized spacial score (nSPS) is 16.5. The van der Waals surface area contributed by atoms with E-state index in [1.165, 1.54) is 12.7 Å². The minimum atomic E-state index is -0.223. The van der Waals surface area contributed by atoms with Crippen molar-refractivity contribution in [3.05, 3.63) is 70.7 Å². The van der Waals surface area contributed by atoms with Crippen molar-refractivity contribution in [2.45, 2.75) is 26.4 Å². The molecule has 1 aliphatic rings. The molecule has 0 bridgehead atoms. The van der Waals surface area contributed by atoms with Crippen LogP contribution in [-0.2, 0) is 11.3 Å². The summed E-state index contributed by atoms with van der Waals surface area (Å²) >= 11 is 0. The monoisotopic (exact) mass is 407 g/mol. The van der Waals surface area contributed by atoms with Crippen LogP contribution in [0.5, 0.6) is 5.88 Å². The molecule has 2 aromatic heterocycles. The Morgan fingerprint density at radius 3 is 2.67 bits per heavy atom. The van der Waals surface area contributed by atoms with Crippen LogP contribution in [0.2, 0.25) is 0 Å². The van der Waals surface area contributed by atoms with Crippen LogP contribution in [0.25, 0.3) is 0 Å². The van der Waals surface area contributed by atoms with Gasteiger partial charge in [0.2, 0.25) is 5.88 Å². The maximum absolute atomic E-state index is 13.2. The number of aryl methyl sites for hydroxylation is 1. The lowest BCUT2D eigenvalue weighted by Crippen LogP contribution is -2.44. The molecule has 3 heterocycles. The van der Waals surface area contributed by atoms with Gasteiger partial charge in [-0.15, -0.1) is 10.2 Å². The second-order valence-electron chi connectivity index (χ2n) is 7.28. The number of amides is 1. The number of carbonyl (C=O) groups is 1. The van der Waals surface area contributed by atoms with Crippen molar-refractivity contribution in [2.75, 3.05) is 26.9 Å². The van der Waals surface area contributed by atoms with Gasteiger partial charge in [-0.25, -0.2) is 0 Å². The summed E-state index contributed by atoms with van der Waals surface area (Å²) in [5.41, 5.74) is 4.43. The number of methoxy groups -OCH3 is 1. The van der Waals surface area contributed by atoms with E-state index in [0.29, 0.717) is 32.2 Å². The van der Waals surface area contributed by atoms with Crippen LogP contribution in [0, 0.1) is 13.8 Å². The Labute approximate surface area is 175 Å². The minimum Gasteiger partial charge on any atom is -0.480 e. The van der Waals surface area contributed by atoms with Crippen LogP contribution in [0.15, 0.2) is 42.5 Å². The molecule has 0 saturated carbocycles. The smallest absolute Gasteiger partial charge is 0.275 e. The first-order valence-electron chi connectivity index (χ1n) is 9.92. The summed E-state index contributed by atoms with van der Waals surface area (Å²) in [5.74, 6) is 0.201. The molecule has 156 valence electrons. The van der Waals surface area contributed by atoms with Gasteiger partial charge in [-0.05, 0) is 25.5 Å². The largest absolute Gasteiger partial charge is 0.480 e. The molecule has 1 aromatic carbocycles. The van der Waals surface area contributed by atoms with E-state index in [-0.39, 0.29) is 17.6 Å². The number of hydrogen-bond acceptors (Lipinski definition) is 6. The van der Waals surface area contributed by atoms with Crippen LogP contribution in [0.4, 0.5) is 0 Å². The SMILES string of the molecule is COc1ccc(C(=O)N2CCOC[C@@H]2c2c(C)nn(Cc3ccccc3)c2C)nn1. The highest BCUT2D eigenvalue weighted by atomic mass is 16.5. The zero-order chi connectivity index (χ0) is 21.1. The van der Waals surface area contributed by atoms with Crippen LogP contribution >= 0.6 is 0 Å². The Kier molecular flexibility index (Phi) is 5.76. The lowest BCUT2D eigenvalue weighted by molar-refractivity contribution is -0.00343. The number of aromatic nitrogens is 4. The van der Waals surface area contributed by atoms with Gasteiger partial charge in [0.15, 0.2) is 5.69 Å². The number of nitrogens with zero attached hydrogens (tertiary/aromatic N) is 5. The Balaban J connectivity index is 1.63. The van der Waals surface area contributed by atoms with E-state index in [0.717, 1.165) is 17.0 Å². The molecule has 1 amide bonds. The van der Waals surface area contributed by atoms with E-state index in [1.807, 2.05) is 41.6 Å². The molecule has 0 unspecified atom stereocenters. The molecule has 1 aliphatic heterocycles. The van der Waals surface area contributed by atoms with Crippen LogP contribution in [-0.4, -0.2) is 57.7 Å². The maximum Gasteiger partial charge on any atom is 0.275 e. The predicted octanol–water partition coefficient (Wildman–Crippen LogP) is 2.56. The van der Waals surface area contributed by atoms with Crippen molar-refractivity contribution in [3.8, 4) is 5.88 Å². The fourth-order valence-electron chi connectivity index (χ4n) is 3.88. The second kappa shape index (κ2) is 8.62. The number of benzene rings is 1. The number of ether oxygens (including phenoxy) is 2. The van der Waals surface area contributed by atoms with Gasteiger partial charge in [0.25, 0.3) is 5.91 Å². The Bertz CT molecular complexity index is 1020. The molecule has 0 radical (unpaired) electrons. The van der Waals surface area contributed by atoms with E-state index >= 15 is 0 Å². The molecule has 0 spiro atoms. The molecule has 3 aromatic rings. The van der Waals surface area contributed by atoms with E-state index < -0.39 is 0 Å². The topological polar surface area (TPSA) is 82.4 Å².